The zero-order valence-corrected chi connectivity index (χ0v) is 10.9. The second kappa shape index (κ2) is 5.33. The van der Waals surface area contributed by atoms with Crippen molar-refractivity contribution in [3.05, 3.63) is 18.1 Å². The minimum absolute atomic E-state index is 0.179. The molecule has 18 heavy (non-hydrogen) atoms. The van der Waals surface area contributed by atoms with Crippen molar-refractivity contribution in [1.82, 2.24) is 15.3 Å². The highest BCUT2D eigenvalue weighted by molar-refractivity contribution is 5.92. The first-order valence-electron chi connectivity index (χ1n) is 6.44. The first-order valence-corrected chi connectivity index (χ1v) is 6.44. The van der Waals surface area contributed by atoms with Gasteiger partial charge in [0.1, 0.15) is 11.5 Å². The predicted molar refractivity (Wildman–Crippen MR) is 69.9 cm³/mol. The summed E-state index contributed by atoms with van der Waals surface area (Å²) in [5.74, 6) is 1.48. The van der Waals surface area contributed by atoms with E-state index in [1.54, 1.807) is 0 Å². The maximum Gasteiger partial charge on any atom is 0.271 e. The Balaban J connectivity index is 1.96. The summed E-state index contributed by atoms with van der Waals surface area (Å²) in [6, 6.07) is 0.243. The van der Waals surface area contributed by atoms with Crippen LogP contribution in [0.1, 0.15) is 43.6 Å². The number of anilines is 1. The van der Waals surface area contributed by atoms with E-state index in [0.29, 0.717) is 11.6 Å². The molecule has 1 aliphatic rings. The third-order valence-electron chi connectivity index (χ3n) is 3.82. The lowest BCUT2D eigenvalue weighted by atomic mass is 9.79. The van der Waals surface area contributed by atoms with Crippen LogP contribution in [-0.2, 0) is 0 Å². The van der Waals surface area contributed by atoms with E-state index in [4.69, 9.17) is 5.73 Å². The molecule has 0 aliphatic heterocycles. The fourth-order valence-corrected chi connectivity index (χ4v) is 2.43. The Morgan fingerprint density at radius 3 is 2.78 bits per heavy atom. The number of amides is 1. The average Bonchev–Trinajstić information content (AvgIpc) is 2.34. The smallest absolute Gasteiger partial charge is 0.271 e. The second-order valence-electron chi connectivity index (χ2n) is 5.27. The minimum atomic E-state index is -0.179. The summed E-state index contributed by atoms with van der Waals surface area (Å²) in [5.41, 5.74) is 5.81. The zero-order valence-electron chi connectivity index (χ0n) is 10.9. The number of carbonyl (C=O) groups excluding carboxylic acids is 1. The summed E-state index contributed by atoms with van der Waals surface area (Å²) < 4.78 is 0. The lowest BCUT2D eigenvalue weighted by Gasteiger charge is -2.32. The molecule has 1 fully saturated rings. The first-order chi connectivity index (χ1) is 8.56. The number of hydrogen-bond donors (Lipinski definition) is 2. The standard InChI is InChI=1S/C13H20N4O/c1-8-3-4-10(5-9(8)2)16-13(18)11-6-15-7-12(14)17-11/h6-10H,3-5H2,1-2H3,(H2,14,17)(H,16,18). The van der Waals surface area contributed by atoms with E-state index in [9.17, 15) is 4.79 Å². The van der Waals surface area contributed by atoms with Crippen molar-refractivity contribution in [3.63, 3.8) is 0 Å². The first kappa shape index (κ1) is 12.8. The number of carbonyl (C=O) groups is 1. The molecular weight excluding hydrogens is 228 g/mol. The number of aromatic nitrogens is 2. The fraction of sp³-hybridized carbons (Fsp3) is 0.615. The molecule has 5 heteroatoms. The van der Waals surface area contributed by atoms with Crippen molar-refractivity contribution in [1.29, 1.82) is 0 Å². The molecule has 0 spiro atoms. The number of nitrogens with one attached hydrogen (secondary N) is 1. The Morgan fingerprint density at radius 1 is 1.33 bits per heavy atom. The van der Waals surface area contributed by atoms with Gasteiger partial charge in [0.25, 0.3) is 5.91 Å². The van der Waals surface area contributed by atoms with Crippen molar-refractivity contribution in [2.24, 2.45) is 11.8 Å². The number of nitrogens with zero attached hydrogens (tertiary/aromatic N) is 2. The van der Waals surface area contributed by atoms with Crippen LogP contribution in [0.5, 0.6) is 0 Å². The van der Waals surface area contributed by atoms with E-state index < -0.39 is 0 Å². The quantitative estimate of drug-likeness (QED) is 0.833. The van der Waals surface area contributed by atoms with E-state index in [-0.39, 0.29) is 17.8 Å². The van der Waals surface area contributed by atoms with Crippen LogP contribution < -0.4 is 11.1 Å². The third-order valence-corrected chi connectivity index (χ3v) is 3.82. The van der Waals surface area contributed by atoms with Gasteiger partial charge in [-0.05, 0) is 31.1 Å². The molecule has 1 saturated carbocycles. The Hall–Kier alpha value is -1.65. The molecule has 0 aromatic carbocycles. The van der Waals surface area contributed by atoms with Crippen LogP contribution in [0.3, 0.4) is 0 Å². The Morgan fingerprint density at radius 2 is 2.11 bits per heavy atom. The minimum Gasteiger partial charge on any atom is -0.382 e. The zero-order chi connectivity index (χ0) is 13.1. The van der Waals surface area contributed by atoms with Gasteiger partial charge in [-0.25, -0.2) is 4.98 Å². The van der Waals surface area contributed by atoms with Crippen LogP contribution in [0.15, 0.2) is 12.4 Å². The molecule has 0 bridgehead atoms. The largest absolute Gasteiger partial charge is 0.382 e. The summed E-state index contributed by atoms with van der Waals surface area (Å²) in [5, 5.41) is 3.02. The third kappa shape index (κ3) is 2.97. The van der Waals surface area contributed by atoms with E-state index in [1.165, 1.54) is 12.4 Å². The van der Waals surface area contributed by atoms with E-state index in [0.717, 1.165) is 25.2 Å². The van der Waals surface area contributed by atoms with Crippen molar-refractivity contribution in [2.45, 2.75) is 39.2 Å². The van der Waals surface area contributed by atoms with E-state index >= 15 is 0 Å². The van der Waals surface area contributed by atoms with Crippen molar-refractivity contribution < 1.29 is 4.79 Å². The number of hydrogen-bond acceptors (Lipinski definition) is 4. The van der Waals surface area contributed by atoms with Crippen molar-refractivity contribution >= 4 is 11.7 Å². The molecule has 1 amide bonds. The van der Waals surface area contributed by atoms with Gasteiger partial charge in [-0.2, -0.15) is 0 Å². The van der Waals surface area contributed by atoms with Crippen LogP contribution >= 0.6 is 0 Å². The number of rotatable bonds is 2. The molecule has 1 aromatic rings. The molecule has 2 rings (SSSR count). The van der Waals surface area contributed by atoms with Gasteiger partial charge in [-0.15, -0.1) is 0 Å². The monoisotopic (exact) mass is 248 g/mol. The lowest BCUT2D eigenvalue weighted by molar-refractivity contribution is 0.0905. The van der Waals surface area contributed by atoms with Gasteiger partial charge < -0.3 is 11.1 Å². The van der Waals surface area contributed by atoms with Crippen molar-refractivity contribution in [2.75, 3.05) is 5.73 Å². The van der Waals surface area contributed by atoms with Gasteiger partial charge in [0.2, 0.25) is 0 Å². The summed E-state index contributed by atoms with van der Waals surface area (Å²) in [7, 11) is 0. The SMILES string of the molecule is CC1CCC(NC(=O)c2cncc(N)n2)CC1C. The van der Waals surface area contributed by atoms with E-state index in [2.05, 4.69) is 29.1 Å². The molecule has 98 valence electrons. The van der Waals surface area contributed by atoms with Crippen LogP contribution in [0.25, 0.3) is 0 Å². The predicted octanol–water partition coefficient (Wildman–Crippen LogP) is 1.61. The van der Waals surface area contributed by atoms with Gasteiger partial charge in [0.15, 0.2) is 0 Å². The summed E-state index contributed by atoms with van der Waals surface area (Å²) in [6.45, 7) is 4.51. The van der Waals surface area contributed by atoms with E-state index in [1.807, 2.05) is 0 Å². The lowest BCUT2D eigenvalue weighted by Crippen LogP contribution is -2.40. The molecule has 1 aromatic heterocycles. The highest BCUT2D eigenvalue weighted by atomic mass is 16.1. The fourth-order valence-electron chi connectivity index (χ4n) is 2.43. The maximum absolute atomic E-state index is 12.0. The summed E-state index contributed by atoms with van der Waals surface area (Å²) >= 11 is 0. The Labute approximate surface area is 107 Å². The van der Waals surface area contributed by atoms with Gasteiger partial charge in [0, 0.05) is 6.04 Å². The Kier molecular flexibility index (Phi) is 3.79. The molecule has 3 atom stereocenters. The molecule has 3 unspecified atom stereocenters. The van der Waals surface area contributed by atoms with Gasteiger partial charge in [-0.1, -0.05) is 13.8 Å². The van der Waals surface area contributed by atoms with Crippen LogP contribution in [-0.4, -0.2) is 21.9 Å². The topological polar surface area (TPSA) is 80.9 Å². The van der Waals surface area contributed by atoms with Crippen molar-refractivity contribution in [3.8, 4) is 0 Å². The average molecular weight is 248 g/mol. The number of nitrogens with two attached hydrogens (primary N) is 1. The van der Waals surface area contributed by atoms with Crippen LogP contribution in [0.2, 0.25) is 0 Å². The van der Waals surface area contributed by atoms with Gasteiger partial charge in [-0.3, -0.25) is 9.78 Å². The summed E-state index contributed by atoms with van der Waals surface area (Å²) in [6.07, 6.45) is 6.10. The normalized spacial score (nSPS) is 27.8. The van der Waals surface area contributed by atoms with Crippen LogP contribution in [0, 0.1) is 11.8 Å². The van der Waals surface area contributed by atoms with Crippen LogP contribution in [0.4, 0.5) is 5.82 Å². The molecule has 3 N–H and O–H groups in total. The maximum atomic E-state index is 12.0. The highest BCUT2D eigenvalue weighted by Crippen LogP contribution is 2.29. The molecule has 1 aliphatic carbocycles. The molecular formula is C13H20N4O. The molecule has 0 saturated heterocycles. The Bertz CT molecular complexity index is 435. The second-order valence-corrected chi connectivity index (χ2v) is 5.27. The number of nitrogen functional groups attached to an aromatic ring is 1. The van der Waals surface area contributed by atoms with Gasteiger partial charge >= 0.3 is 0 Å². The molecule has 1 heterocycles. The molecule has 5 nitrogen and oxygen atoms in total. The molecule has 0 radical (unpaired) electrons. The summed E-state index contributed by atoms with van der Waals surface area (Å²) in [4.78, 5) is 19.8. The van der Waals surface area contributed by atoms with Gasteiger partial charge in [0.05, 0.1) is 12.4 Å². The highest BCUT2D eigenvalue weighted by Gasteiger charge is 2.26.